The number of phosphoric acid groups is 1. The molecular formula is C6H13NaO9P+. The molecule has 1 rings (SSSR count). The molecule has 0 aromatic heterocycles. The molecule has 0 aromatic rings. The summed E-state index contributed by atoms with van der Waals surface area (Å²) in [5.74, 6) is 0. The van der Waals surface area contributed by atoms with E-state index in [2.05, 4.69) is 4.52 Å². The van der Waals surface area contributed by atoms with Crippen molar-refractivity contribution in [2.24, 2.45) is 0 Å². The van der Waals surface area contributed by atoms with E-state index in [-0.39, 0.29) is 29.6 Å². The van der Waals surface area contributed by atoms with E-state index in [9.17, 15) is 25.0 Å². The maximum atomic E-state index is 10.5. The fraction of sp³-hybridized carbons (Fsp3) is 1.00. The number of aliphatic hydroxyl groups excluding tert-OH is 5. The minimum absolute atomic E-state index is 0. The van der Waals surface area contributed by atoms with Crippen molar-refractivity contribution >= 4 is 7.82 Å². The summed E-state index contributed by atoms with van der Waals surface area (Å²) in [5, 5.41) is 46.1. The van der Waals surface area contributed by atoms with Crippen LogP contribution in [0, 0.1) is 0 Å². The van der Waals surface area contributed by atoms with Crippen LogP contribution in [0.2, 0.25) is 0 Å². The molecule has 2 unspecified atom stereocenters. The van der Waals surface area contributed by atoms with E-state index >= 15 is 0 Å². The average Bonchev–Trinajstić information content (AvgIpc) is 2.17. The van der Waals surface area contributed by atoms with Crippen molar-refractivity contribution in [3.05, 3.63) is 0 Å². The van der Waals surface area contributed by atoms with Crippen molar-refractivity contribution in [3.8, 4) is 0 Å². The van der Waals surface area contributed by atoms with E-state index in [1.54, 1.807) is 0 Å². The summed E-state index contributed by atoms with van der Waals surface area (Å²) < 4.78 is 14.5. The van der Waals surface area contributed by atoms with Gasteiger partial charge in [-0.1, -0.05) is 0 Å². The molecular weight excluding hydrogens is 270 g/mol. The quantitative estimate of drug-likeness (QED) is 0.192. The van der Waals surface area contributed by atoms with Crippen LogP contribution in [0.1, 0.15) is 0 Å². The van der Waals surface area contributed by atoms with E-state index in [1.807, 2.05) is 0 Å². The molecule has 0 radical (unpaired) electrons. The van der Waals surface area contributed by atoms with E-state index in [0.29, 0.717) is 0 Å². The van der Waals surface area contributed by atoms with Crippen LogP contribution in [-0.4, -0.2) is 71.9 Å². The number of aliphatic hydroxyl groups is 5. The fourth-order valence-corrected chi connectivity index (χ4v) is 2.05. The van der Waals surface area contributed by atoms with Crippen LogP contribution in [0.4, 0.5) is 0 Å². The monoisotopic (exact) mass is 283 g/mol. The minimum atomic E-state index is -5.01. The van der Waals surface area contributed by atoms with Gasteiger partial charge in [-0.05, 0) is 0 Å². The topological polar surface area (TPSA) is 168 Å². The van der Waals surface area contributed by atoms with Gasteiger partial charge in [-0.25, -0.2) is 4.57 Å². The molecule has 1 aliphatic rings. The zero-order valence-electron chi connectivity index (χ0n) is 8.86. The standard InChI is InChI=1S/C6H13O9P.Na/c7-1-2(8)4(10)6(5(11)3(1)9)15-16(12,13)14;/h1-11H,(H2,12,13,14);/q;+1/t1?,2-,3+,4-,5-,6?;/m1./s1. The number of hydrogen-bond acceptors (Lipinski definition) is 7. The van der Waals surface area contributed by atoms with Crippen LogP contribution < -0.4 is 29.6 Å². The predicted molar refractivity (Wildman–Crippen MR) is 47.0 cm³/mol. The molecule has 0 bridgehead atoms. The van der Waals surface area contributed by atoms with Gasteiger partial charge in [-0.2, -0.15) is 0 Å². The molecule has 6 atom stereocenters. The third-order valence-electron chi connectivity index (χ3n) is 2.33. The van der Waals surface area contributed by atoms with Gasteiger partial charge in [-0.15, -0.1) is 0 Å². The Morgan fingerprint density at radius 3 is 1.35 bits per heavy atom. The number of hydrogen-bond donors (Lipinski definition) is 7. The third-order valence-corrected chi connectivity index (χ3v) is 2.85. The Hall–Kier alpha value is 0.910. The maximum Gasteiger partial charge on any atom is 1.00 e. The molecule has 0 aliphatic heterocycles. The van der Waals surface area contributed by atoms with Gasteiger partial charge < -0.3 is 35.3 Å². The molecule has 17 heavy (non-hydrogen) atoms. The SMILES string of the molecule is O=P(O)(O)OC1[C@H](O)[C@H](O)C(O)[C@H](O)[C@H]1O.[Na+]. The van der Waals surface area contributed by atoms with Crippen LogP contribution in [0.3, 0.4) is 0 Å². The largest absolute Gasteiger partial charge is 1.00 e. The number of phosphoric ester groups is 1. The second-order valence-electron chi connectivity index (χ2n) is 3.51. The summed E-state index contributed by atoms with van der Waals surface area (Å²) in [4.78, 5) is 17.0. The number of rotatable bonds is 2. The molecule has 1 aliphatic carbocycles. The second kappa shape index (κ2) is 6.38. The van der Waals surface area contributed by atoms with Crippen LogP contribution in [0.5, 0.6) is 0 Å². The van der Waals surface area contributed by atoms with Gasteiger partial charge in [0, 0.05) is 0 Å². The predicted octanol–water partition coefficient (Wildman–Crippen LogP) is -6.71. The molecule has 11 heteroatoms. The van der Waals surface area contributed by atoms with E-state index in [1.165, 1.54) is 0 Å². The van der Waals surface area contributed by atoms with Crippen molar-refractivity contribution in [2.45, 2.75) is 36.6 Å². The van der Waals surface area contributed by atoms with Gasteiger partial charge in [0.1, 0.15) is 36.6 Å². The molecule has 7 N–H and O–H groups in total. The normalized spacial score (nSPS) is 43.0. The summed E-state index contributed by atoms with van der Waals surface area (Å²) in [6, 6.07) is 0. The average molecular weight is 283 g/mol. The Morgan fingerprint density at radius 1 is 0.765 bits per heavy atom. The van der Waals surface area contributed by atoms with Crippen LogP contribution >= 0.6 is 7.82 Å². The Kier molecular flexibility index (Phi) is 6.72. The molecule has 96 valence electrons. The summed E-state index contributed by atoms with van der Waals surface area (Å²) >= 11 is 0. The molecule has 0 amide bonds. The summed E-state index contributed by atoms with van der Waals surface area (Å²) in [7, 11) is -5.01. The van der Waals surface area contributed by atoms with Crippen LogP contribution in [-0.2, 0) is 9.09 Å². The van der Waals surface area contributed by atoms with Gasteiger partial charge >= 0.3 is 37.4 Å². The first kappa shape index (κ1) is 17.9. The first-order valence-electron chi connectivity index (χ1n) is 4.29. The Labute approximate surface area is 118 Å². The summed E-state index contributed by atoms with van der Waals surface area (Å²) in [6.07, 6.45) is -11.3. The Morgan fingerprint density at radius 2 is 1.06 bits per heavy atom. The summed E-state index contributed by atoms with van der Waals surface area (Å²) in [6.45, 7) is 0. The minimum Gasteiger partial charge on any atom is -0.387 e. The zero-order chi connectivity index (χ0) is 12.7. The van der Waals surface area contributed by atoms with Crippen molar-refractivity contribution < 1.29 is 74.0 Å². The molecule has 0 aromatic carbocycles. The van der Waals surface area contributed by atoms with Gasteiger partial charge in [0.15, 0.2) is 0 Å². The summed E-state index contributed by atoms with van der Waals surface area (Å²) in [5.41, 5.74) is 0. The second-order valence-corrected chi connectivity index (χ2v) is 4.71. The van der Waals surface area contributed by atoms with Gasteiger partial charge in [0.2, 0.25) is 0 Å². The Bertz CT molecular complexity index is 279. The van der Waals surface area contributed by atoms with E-state index in [4.69, 9.17) is 14.9 Å². The van der Waals surface area contributed by atoms with E-state index < -0.39 is 44.4 Å². The van der Waals surface area contributed by atoms with Crippen molar-refractivity contribution in [2.75, 3.05) is 0 Å². The molecule has 9 nitrogen and oxygen atoms in total. The van der Waals surface area contributed by atoms with Gasteiger partial charge in [-0.3, -0.25) is 4.52 Å². The first-order valence-corrected chi connectivity index (χ1v) is 5.82. The maximum absolute atomic E-state index is 10.5. The molecule has 1 saturated carbocycles. The molecule has 0 heterocycles. The van der Waals surface area contributed by atoms with Crippen LogP contribution in [0.25, 0.3) is 0 Å². The zero-order valence-corrected chi connectivity index (χ0v) is 11.8. The van der Waals surface area contributed by atoms with Crippen molar-refractivity contribution in [1.82, 2.24) is 0 Å². The van der Waals surface area contributed by atoms with Crippen molar-refractivity contribution in [3.63, 3.8) is 0 Å². The smallest absolute Gasteiger partial charge is 0.387 e. The fourth-order valence-electron chi connectivity index (χ4n) is 1.48. The Balaban J connectivity index is 0.00000256. The third kappa shape index (κ3) is 4.20. The van der Waals surface area contributed by atoms with Crippen molar-refractivity contribution in [1.29, 1.82) is 0 Å². The van der Waals surface area contributed by atoms with Gasteiger partial charge in [0.25, 0.3) is 0 Å². The van der Waals surface area contributed by atoms with Gasteiger partial charge in [0.05, 0.1) is 0 Å². The van der Waals surface area contributed by atoms with E-state index in [0.717, 1.165) is 0 Å². The molecule has 0 saturated heterocycles. The first-order chi connectivity index (χ1) is 7.15. The molecule has 1 fully saturated rings. The molecule has 0 spiro atoms. The van der Waals surface area contributed by atoms with Crippen LogP contribution in [0.15, 0.2) is 0 Å².